The van der Waals surface area contributed by atoms with Crippen molar-refractivity contribution in [1.82, 2.24) is 10.2 Å². The van der Waals surface area contributed by atoms with Gasteiger partial charge in [0.25, 0.3) is 0 Å². The number of ether oxygens (including phenoxy) is 1. The highest BCUT2D eigenvalue weighted by Crippen LogP contribution is 2.47. The van der Waals surface area contributed by atoms with E-state index in [4.69, 9.17) is 4.74 Å². The van der Waals surface area contributed by atoms with Crippen LogP contribution in [-0.2, 0) is 4.74 Å². The molecule has 4 atom stereocenters. The first-order chi connectivity index (χ1) is 9.87. The minimum absolute atomic E-state index is 0.139. The Morgan fingerprint density at radius 1 is 1.24 bits per heavy atom. The van der Waals surface area contributed by atoms with Crippen LogP contribution in [0.25, 0.3) is 0 Å². The Morgan fingerprint density at radius 3 is 2.43 bits per heavy atom. The van der Waals surface area contributed by atoms with E-state index in [0.29, 0.717) is 17.9 Å². The Hall–Kier alpha value is -0.770. The first-order valence-corrected chi connectivity index (χ1v) is 8.61. The molecule has 3 rings (SSSR count). The Labute approximate surface area is 128 Å². The summed E-state index contributed by atoms with van der Waals surface area (Å²) in [5.74, 6) is 2.26. The van der Waals surface area contributed by atoms with Gasteiger partial charge < -0.3 is 15.0 Å². The first kappa shape index (κ1) is 15.1. The summed E-state index contributed by atoms with van der Waals surface area (Å²) >= 11 is 0. The van der Waals surface area contributed by atoms with Crippen molar-refractivity contribution in [3.63, 3.8) is 0 Å². The van der Waals surface area contributed by atoms with Gasteiger partial charge >= 0.3 is 6.09 Å². The summed E-state index contributed by atoms with van der Waals surface area (Å²) in [6.07, 6.45) is 5.26. The zero-order valence-corrected chi connectivity index (χ0v) is 13.9. The molecule has 3 fully saturated rings. The third kappa shape index (κ3) is 3.36. The third-order valence-electron chi connectivity index (χ3n) is 5.39. The highest BCUT2D eigenvalue weighted by Gasteiger charge is 2.57. The van der Waals surface area contributed by atoms with Gasteiger partial charge in [-0.2, -0.15) is 0 Å². The van der Waals surface area contributed by atoms with Gasteiger partial charge in [0.1, 0.15) is 5.60 Å². The fourth-order valence-corrected chi connectivity index (χ4v) is 4.12. The Bertz CT molecular complexity index is 392. The predicted octanol–water partition coefficient (Wildman–Crippen LogP) is 3.02. The van der Waals surface area contributed by atoms with E-state index in [2.05, 4.69) is 12.2 Å². The summed E-state index contributed by atoms with van der Waals surface area (Å²) in [5.41, 5.74) is -0.388. The van der Waals surface area contributed by atoms with E-state index in [1.54, 1.807) is 0 Å². The highest BCUT2D eigenvalue weighted by molar-refractivity contribution is 5.69. The molecule has 0 aromatic rings. The molecule has 0 radical (unpaired) electrons. The van der Waals surface area contributed by atoms with E-state index in [1.807, 2.05) is 25.7 Å². The summed E-state index contributed by atoms with van der Waals surface area (Å²) in [6, 6.07) is 1.38. The Morgan fingerprint density at radius 2 is 1.90 bits per heavy atom. The fraction of sp³-hybridized carbons (Fsp3) is 0.941. The molecule has 0 aromatic heterocycles. The van der Waals surface area contributed by atoms with Crippen LogP contribution >= 0.6 is 0 Å². The van der Waals surface area contributed by atoms with Crippen molar-refractivity contribution >= 4 is 6.09 Å². The van der Waals surface area contributed by atoms with E-state index in [-0.39, 0.29) is 11.7 Å². The lowest BCUT2D eigenvalue weighted by atomic mass is 10.1. The van der Waals surface area contributed by atoms with Crippen molar-refractivity contribution in [2.45, 2.75) is 71.1 Å². The molecule has 0 spiro atoms. The molecule has 21 heavy (non-hydrogen) atoms. The summed E-state index contributed by atoms with van der Waals surface area (Å²) in [6.45, 7) is 9.84. The molecule has 4 nitrogen and oxygen atoms in total. The van der Waals surface area contributed by atoms with Gasteiger partial charge in [0.05, 0.1) is 0 Å². The summed E-state index contributed by atoms with van der Waals surface area (Å²) in [4.78, 5) is 13.9. The zero-order valence-electron chi connectivity index (χ0n) is 13.9. The minimum atomic E-state index is -0.388. The molecule has 2 aliphatic carbocycles. The molecule has 1 N–H and O–H groups in total. The van der Waals surface area contributed by atoms with Crippen LogP contribution in [0, 0.1) is 17.8 Å². The number of carbonyl (C=O) groups excluding carboxylic acids is 1. The number of rotatable bonds is 3. The molecule has 4 unspecified atom stereocenters. The Kier molecular flexibility index (Phi) is 3.93. The van der Waals surface area contributed by atoms with Gasteiger partial charge in [-0.3, -0.25) is 0 Å². The van der Waals surface area contributed by atoms with Gasteiger partial charge in [-0.25, -0.2) is 4.79 Å². The van der Waals surface area contributed by atoms with Crippen molar-refractivity contribution < 1.29 is 9.53 Å². The van der Waals surface area contributed by atoms with Gasteiger partial charge in [-0.05, 0) is 57.8 Å². The second-order valence-corrected chi connectivity index (χ2v) is 8.19. The predicted molar refractivity (Wildman–Crippen MR) is 83.1 cm³/mol. The lowest BCUT2D eigenvalue weighted by Crippen LogP contribution is -2.40. The van der Waals surface area contributed by atoms with Crippen LogP contribution < -0.4 is 5.32 Å². The number of nitrogens with one attached hydrogen (secondary N) is 1. The van der Waals surface area contributed by atoms with E-state index in [1.165, 1.54) is 25.7 Å². The molecule has 1 saturated heterocycles. The van der Waals surface area contributed by atoms with Crippen molar-refractivity contribution in [1.29, 1.82) is 0 Å². The molecule has 1 amide bonds. The number of hydrogen-bond donors (Lipinski definition) is 1. The normalized spacial score (nSPS) is 38.5. The van der Waals surface area contributed by atoms with Crippen molar-refractivity contribution in [3.05, 3.63) is 0 Å². The smallest absolute Gasteiger partial charge is 0.410 e. The number of amides is 1. The largest absolute Gasteiger partial charge is 0.444 e. The SMILES string of the molecule is CCC1CCC(NC2C3CN(C(=O)OC(C)(C)C)CC32)C1. The van der Waals surface area contributed by atoms with Crippen LogP contribution in [0.4, 0.5) is 4.79 Å². The number of likely N-dealkylation sites (tertiary alicyclic amines) is 1. The number of nitrogens with zero attached hydrogens (tertiary/aromatic N) is 1. The molecule has 1 aliphatic heterocycles. The van der Waals surface area contributed by atoms with Crippen LogP contribution in [0.2, 0.25) is 0 Å². The lowest BCUT2D eigenvalue weighted by molar-refractivity contribution is 0.0268. The van der Waals surface area contributed by atoms with E-state index in [0.717, 1.165) is 25.0 Å². The monoisotopic (exact) mass is 294 g/mol. The maximum Gasteiger partial charge on any atom is 0.410 e. The third-order valence-corrected chi connectivity index (χ3v) is 5.39. The number of piperidine rings is 1. The average molecular weight is 294 g/mol. The Balaban J connectivity index is 1.41. The van der Waals surface area contributed by atoms with E-state index in [9.17, 15) is 4.79 Å². The molecular weight excluding hydrogens is 264 g/mol. The van der Waals surface area contributed by atoms with Crippen LogP contribution in [0.3, 0.4) is 0 Å². The molecule has 2 saturated carbocycles. The maximum atomic E-state index is 12.0. The van der Waals surface area contributed by atoms with Gasteiger partial charge in [0, 0.05) is 25.2 Å². The quantitative estimate of drug-likeness (QED) is 0.870. The topological polar surface area (TPSA) is 41.6 Å². The van der Waals surface area contributed by atoms with Gasteiger partial charge in [0.2, 0.25) is 0 Å². The maximum absolute atomic E-state index is 12.0. The molecule has 120 valence electrons. The second-order valence-electron chi connectivity index (χ2n) is 8.19. The van der Waals surface area contributed by atoms with Gasteiger partial charge in [0.15, 0.2) is 0 Å². The minimum Gasteiger partial charge on any atom is -0.444 e. The second kappa shape index (κ2) is 5.45. The summed E-state index contributed by atoms with van der Waals surface area (Å²) in [5, 5.41) is 3.85. The fourth-order valence-electron chi connectivity index (χ4n) is 4.12. The standard InChI is InChI=1S/C17H30N2O2/c1-5-11-6-7-12(8-11)18-15-13-9-19(10-14(13)15)16(20)21-17(2,3)4/h11-15,18H,5-10H2,1-4H3. The van der Waals surface area contributed by atoms with Gasteiger partial charge in [-0.1, -0.05) is 13.3 Å². The molecule has 1 heterocycles. The molecule has 3 aliphatic rings. The van der Waals surface area contributed by atoms with Crippen molar-refractivity contribution in [2.24, 2.45) is 17.8 Å². The van der Waals surface area contributed by atoms with Crippen LogP contribution in [0.15, 0.2) is 0 Å². The zero-order chi connectivity index (χ0) is 15.2. The molecule has 0 bridgehead atoms. The molecular formula is C17H30N2O2. The average Bonchev–Trinajstić information content (AvgIpc) is 2.83. The van der Waals surface area contributed by atoms with Crippen molar-refractivity contribution in [2.75, 3.05) is 13.1 Å². The summed E-state index contributed by atoms with van der Waals surface area (Å²) < 4.78 is 5.45. The van der Waals surface area contributed by atoms with Crippen LogP contribution in [0.5, 0.6) is 0 Å². The first-order valence-electron chi connectivity index (χ1n) is 8.61. The van der Waals surface area contributed by atoms with Crippen LogP contribution in [-0.4, -0.2) is 41.8 Å². The van der Waals surface area contributed by atoms with Crippen molar-refractivity contribution in [3.8, 4) is 0 Å². The van der Waals surface area contributed by atoms with E-state index >= 15 is 0 Å². The highest BCUT2D eigenvalue weighted by atomic mass is 16.6. The molecule has 4 heteroatoms. The number of fused-ring (bicyclic) bond motifs is 1. The number of hydrogen-bond acceptors (Lipinski definition) is 3. The van der Waals surface area contributed by atoms with Gasteiger partial charge in [-0.15, -0.1) is 0 Å². The van der Waals surface area contributed by atoms with Crippen LogP contribution in [0.1, 0.15) is 53.4 Å². The summed E-state index contributed by atoms with van der Waals surface area (Å²) in [7, 11) is 0. The lowest BCUT2D eigenvalue weighted by Gasteiger charge is -2.26. The molecule has 0 aromatic carbocycles. The number of carbonyl (C=O) groups is 1. The van der Waals surface area contributed by atoms with E-state index < -0.39 is 0 Å².